The van der Waals surface area contributed by atoms with Crippen molar-refractivity contribution in [2.24, 2.45) is 0 Å². The van der Waals surface area contributed by atoms with Crippen LogP contribution in [0.4, 0.5) is 0 Å². The number of nitrogens with zero attached hydrogens (tertiary/aromatic N) is 5. The summed E-state index contributed by atoms with van der Waals surface area (Å²) < 4.78 is 8.33. The van der Waals surface area contributed by atoms with Crippen LogP contribution in [0.25, 0.3) is 10.1 Å². The van der Waals surface area contributed by atoms with Gasteiger partial charge >= 0.3 is 0 Å². The summed E-state index contributed by atoms with van der Waals surface area (Å²) in [5, 5.41) is 18.1. The van der Waals surface area contributed by atoms with Crippen molar-refractivity contribution in [1.82, 2.24) is 30.4 Å². The lowest BCUT2D eigenvalue weighted by molar-refractivity contribution is -0.121. The highest BCUT2D eigenvalue weighted by atomic mass is 32.1. The van der Waals surface area contributed by atoms with Gasteiger partial charge in [0, 0.05) is 30.8 Å². The number of tetrazole rings is 1. The largest absolute Gasteiger partial charge is 0.379 e. The summed E-state index contributed by atoms with van der Waals surface area (Å²) in [4.78, 5) is 14.5. The van der Waals surface area contributed by atoms with Gasteiger partial charge in [0.25, 0.3) is 0 Å². The first-order chi connectivity index (χ1) is 13.3. The maximum Gasteiger partial charge on any atom is 0.222 e. The summed E-state index contributed by atoms with van der Waals surface area (Å²) in [7, 11) is 0. The number of carbonyl (C=O) groups excluding carboxylic acids is 1. The van der Waals surface area contributed by atoms with Crippen molar-refractivity contribution in [3.63, 3.8) is 0 Å². The average molecular weight is 386 g/mol. The summed E-state index contributed by atoms with van der Waals surface area (Å²) >= 11 is 1.72. The maximum atomic E-state index is 12.2. The van der Waals surface area contributed by atoms with E-state index in [1.54, 1.807) is 16.0 Å². The van der Waals surface area contributed by atoms with Gasteiger partial charge in [0.15, 0.2) is 5.82 Å². The Kier molecular flexibility index (Phi) is 5.71. The fourth-order valence-corrected chi connectivity index (χ4v) is 3.86. The van der Waals surface area contributed by atoms with Gasteiger partial charge in [0.1, 0.15) is 0 Å². The monoisotopic (exact) mass is 386 g/mol. The number of benzene rings is 1. The Bertz CT molecular complexity index is 902. The molecule has 3 aromatic rings. The molecule has 142 valence electrons. The number of aromatic nitrogens is 4. The molecule has 1 N–H and O–H groups in total. The minimum Gasteiger partial charge on any atom is -0.379 e. The number of carbonyl (C=O) groups is 1. The van der Waals surface area contributed by atoms with Gasteiger partial charge in [-0.05, 0) is 45.0 Å². The topological polar surface area (TPSA) is 85.2 Å². The lowest BCUT2D eigenvalue weighted by Gasteiger charge is -2.25. The Morgan fingerprint density at radius 1 is 1.26 bits per heavy atom. The van der Waals surface area contributed by atoms with Crippen molar-refractivity contribution in [2.45, 2.75) is 26.1 Å². The Morgan fingerprint density at radius 3 is 3.04 bits per heavy atom. The van der Waals surface area contributed by atoms with Gasteiger partial charge in [-0.2, -0.15) is 0 Å². The molecule has 3 heterocycles. The SMILES string of the molecule is O=C(CCn1nnnc1CN1CCOCC1)NCc1ccc2sccc2c1. The van der Waals surface area contributed by atoms with Gasteiger partial charge in [-0.1, -0.05) is 6.07 Å². The van der Waals surface area contributed by atoms with E-state index >= 15 is 0 Å². The van der Waals surface area contributed by atoms with Crippen molar-refractivity contribution in [2.75, 3.05) is 26.3 Å². The second kappa shape index (κ2) is 8.55. The number of morpholine rings is 1. The maximum absolute atomic E-state index is 12.2. The van der Waals surface area contributed by atoms with Crippen molar-refractivity contribution in [1.29, 1.82) is 0 Å². The molecule has 1 aliphatic rings. The number of thiophene rings is 1. The third-order valence-electron chi connectivity index (χ3n) is 4.63. The molecule has 1 fully saturated rings. The summed E-state index contributed by atoms with van der Waals surface area (Å²) in [6, 6.07) is 8.37. The molecule has 0 bridgehead atoms. The number of fused-ring (bicyclic) bond motifs is 1. The number of hydrogen-bond donors (Lipinski definition) is 1. The van der Waals surface area contributed by atoms with Crippen LogP contribution in [-0.2, 0) is 29.2 Å². The van der Waals surface area contributed by atoms with E-state index in [0.29, 0.717) is 26.1 Å². The highest BCUT2D eigenvalue weighted by Gasteiger charge is 2.15. The van der Waals surface area contributed by atoms with Crippen molar-refractivity contribution in [3.05, 3.63) is 41.0 Å². The molecule has 0 unspecified atom stereocenters. The Morgan fingerprint density at radius 2 is 2.15 bits per heavy atom. The zero-order chi connectivity index (χ0) is 18.5. The van der Waals surface area contributed by atoms with E-state index in [0.717, 1.165) is 37.7 Å². The van der Waals surface area contributed by atoms with Crippen LogP contribution in [0.15, 0.2) is 29.6 Å². The number of aryl methyl sites for hydroxylation is 1. The van der Waals surface area contributed by atoms with Crippen LogP contribution in [0.1, 0.15) is 17.8 Å². The molecule has 0 atom stereocenters. The van der Waals surface area contributed by atoms with Crippen LogP contribution >= 0.6 is 11.3 Å². The summed E-state index contributed by atoms with van der Waals surface area (Å²) in [5.41, 5.74) is 1.10. The number of nitrogens with one attached hydrogen (secondary N) is 1. The number of hydrogen-bond acceptors (Lipinski definition) is 7. The Labute approximate surface area is 161 Å². The number of ether oxygens (including phenoxy) is 1. The van der Waals surface area contributed by atoms with Crippen LogP contribution in [0.3, 0.4) is 0 Å². The van der Waals surface area contributed by atoms with E-state index in [-0.39, 0.29) is 5.91 Å². The molecule has 0 aliphatic carbocycles. The van der Waals surface area contributed by atoms with Gasteiger partial charge in [-0.25, -0.2) is 4.68 Å². The highest BCUT2D eigenvalue weighted by Crippen LogP contribution is 2.21. The van der Waals surface area contributed by atoms with Gasteiger partial charge in [0.2, 0.25) is 5.91 Å². The second-order valence-electron chi connectivity index (χ2n) is 6.53. The van der Waals surface area contributed by atoms with Crippen molar-refractivity contribution >= 4 is 27.3 Å². The molecular formula is C18H22N6O2S. The first-order valence-electron chi connectivity index (χ1n) is 9.06. The fraction of sp³-hybridized carbons (Fsp3) is 0.444. The zero-order valence-corrected chi connectivity index (χ0v) is 15.8. The van der Waals surface area contributed by atoms with Gasteiger partial charge < -0.3 is 10.1 Å². The molecule has 1 saturated heterocycles. The summed E-state index contributed by atoms with van der Waals surface area (Å²) in [6.45, 7) is 4.91. The predicted octanol–water partition coefficient (Wildman–Crippen LogP) is 1.43. The van der Waals surface area contributed by atoms with E-state index < -0.39 is 0 Å². The van der Waals surface area contributed by atoms with Crippen LogP contribution in [0.2, 0.25) is 0 Å². The molecule has 9 heteroatoms. The van der Waals surface area contributed by atoms with E-state index in [9.17, 15) is 4.79 Å². The summed E-state index contributed by atoms with van der Waals surface area (Å²) in [5.74, 6) is 0.779. The normalized spacial score (nSPS) is 15.3. The Balaban J connectivity index is 1.26. The Hall–Kier alpha value is -2.36. The average Bonchev–Trinajstić information content (AvgIpc) is 3.34. The molecule has 27 heavy (non-hydrogen) atoms. The third-order valence-corrected chi connectivity index (χ3v) is 5.53. The molecule has 2 aromatic heterocycles. The minimum absolute atomic E-state index is 0.00626. The predicted molar refractivity (Wildman–Crippen MR) is 102 cm³/mol. The van der Waals surface area contributed by atoms with Crippen LogP contribution in [0.5, 0.6) is 0 Å². The van der Waals surface area contributed by atoms with E-state index in [4.69, 9.17) is 4.74 Å². The quantitative estimate of drug-likeness (QED) is 0.661. The molecule has 1 aromatic carbocycles. The molecule has 8 nitrogen and oxygen atoms in total. The van der Waals surface area contributed by atoms with E-state index in [2.05, 4.69) is 55.4 Å². The molecule has 1 aliphatic heterocycles. The first kappa shape index (κ1) is 18.0. The number of amides is 1. The van der Waals surface area contributed by atoms with Crippen molar-refractivity contribution < 1.29 is 9.53 Å². The highest BCUT2D eigenvalue weighted by molar-refractivity contribution is 7.17. The molecular weight excluding hydrogens is 364 g/mol. The van der Waals surface area contributed by atoms with Crippen molar-refractivity contribution in [3.8, 4) is 0 Å². The first-order valence-corrected chi connectivity index (χ1v) is 9.94. The molecule has 4 rings (SSSR count). The molecule has 0 saturated carbocycles. The van der Waals surface area contributed by atoms with Gasteiger partial charge in [0.05, 0.1) is 26.3 Å². The second-order valence-corrected chi connectivity index (χ2v) is 7.47. The smallest absolute Gasteiger partial charge is 0.222 e. The molecule has 1 amide bonds. The zero-order valence-electron chi connectivity index (χ0n) is 15.0. The van der Waals surface area contributed by atoms with E-state index in [1.165, 1.54) is 10.1 Å². The van der Waals surface area contributed by atoms with Crippen LogP contribution < -0.4 is 5.32 Å². The lowest BCUT2D eigenvalue weighted by Crippen LogP contribution is -2.36. The fourth-order valence-electron chi connectivity index (χ4n) is 3.09. The lowest BCUT2D eigenvalue weighted by atomic mass is 10.1. The van der Waals surface area contributed by atoms with Gasteiger partial charge in [-0.15, -0.1) is 16.4 Å². The van der Waals surface area contributed by atoms with E-state index in [1.807, 2.05) is 0 Å². The summed E-state index contributed by atoms with van der Waals surface area (Å²) in [6.07, 6.45) is 0.349. The number of rotatable bonds is 7. The molecule has 0 radical (unpaired) electrons. The van der Waals surface area contributed by atoms with Gasteiger partial charge in [-0.3, -0.25) is 9.69 Å². The van der Waals surface area contributed by atoms with Crippen LogP contribution in [-0.4, -0.2) is 57.3 Å². The minimum atomic E-state index is -0.00626. The third kappa shape index (κ3) is 4.68. The standard InChI is InChI=1S/C18H22N6O2S/c25-18(19-12-14-1-2-16-15(11-14)4-10-27-16)3-5-24-17(20-21-22-24)13-23-6-8-26-9-7-23/h1-2,4,10-11H,3,5-9,12-13H2,(H,19,25). The van der Waals surface area contributed by atoms with Crippen LogP contribution in [0, 0.1) is 0 Å². The molecule has 0 spiro atoms.